The molecule has 2 rings (SSSR count). The fourth-order valence-electron chi connectivity index (χ4n) is 1.98. The summed E-state index contributed by atoms with van der Waals surface area (Å²) in [6, 6.07) is 1.76. The predicted octanol–water partition coefficient (Wildman–Crippen LogP) is 1.82. The summed E-state index contributed by atoms with van der Waals surface area (Å²) in [5, 5.41) is 3.08. The van der Waals surface area contributed by atoms with Crippen molar-refractivity contribution < 1.29 is 4.39 Å². The second-order valence-corrected chi connectivity index (χ2v) is 4.19. The quantitative estimate of drug-likeness (QED) is 0.781. The lowest BCUT2D eigenvalue weighted by Gasteiger charge is -2.18. The second kappa shape index (κ2) is 4.14. The lowest BCUT2D eigenvalue weighted by atomic mass is 10.2. The normalized spacial score (nSPS) is 25.5. The third-order valence-electron chi connectivity index (χ3n) is 2.87. The van der Waals surface area contributed by atoms with E-state index in [1.807, 2.05) is 6.92 Å². The van der Waals surface area contributed by atoms with Crippen molar-refractivity contribution in [3.05, 3.63) is 23.6 Å². The van der Waals surface area contributed by atoms with Gasteiger partial charge in [-0.3, -0.25) is 0 Å². The lowest BCUT2D eigenvalue weighted by Crippen LogP contribution is -2.35. The van der Waals surface area contributed by atoms with E-state index in [0.717, 1.165) is 24.8 Å². The third-order valence-corrected chi connectivity index (χ3v) is 2.87. The SMILES string of the molecule is Cc1cnc(N[C@H]2CCC[C@@H]2N)c(F)c1. The van der Waals surface area contributed by atoms with Crippen LogP contribution in [0.3, 0.4) is 0 Å². The number of nitrogens with zero attached hydrogens (tertiary/aromatic N) is 1. The Labute approximate surface area is 88.9 Å². The fraction of sp³-hybridized carbons (Fsp3) is 0.545. The molecule has 0 bridgehead atoms. The first kappa shape index (κ1) is 10.4. The van der Waals surface area contributed by atoms with Crippen LogP contribution in [0.5, 0.6) is 0 Å². The molecular formula is C11H16FN3. The molecule has 4 heteroatoms. The summed E-state index contributed by atoms with van der Waals surface area (Å²) in [5.41, 5.74) is 6.72. The first-order chi connectivity index (χ1) is 7.16. The summed E-state index contributed by atoms with van der Waals surface area (Å²) in [4.78, 5) is 4.03. The van der Waals surface area contributed by atoms with Gasteiger partial charge in [0.1, 0.15) is 0 Å². The first-order valence-corrected chi connectivity index (χ1v) is 5.31. The van der Waals surface area contributed by atoms with Gasteiger partial charge >= 0.3 is 0 Å². The summed E-state index contributed by atoms with van der Waals surface area (Å²) in [6.07, 6.45) is 4.76. The standard InChI is InChI=1S/C11H16FN3/c1-7-5-8(12)11(14-6-7)15-10-4-2-3-9(10)13/h5-6,9-10H,2-4,13H2,1H3,(H,14,15)/t9-,10-/m0/s1. The molecule has 0 saturated heterocycles. The van der Waals surface area contributed by atoms with E-state index in [-0.39, 0.29) is 17.9 Å². The van der Waals surface area contributed by atoms with Crippen molar-refractivity contribution in [1.29, 1.82) is 0 Å². The molecule has 1 heterocycles. The molecule has 0 unspecified atom stereocenters. The molecule has 1 aliphatic rings. The fourth-order valence-corrected chi connectivity index (χ4v) is 1.98. The highest BCUT2D eigenvalue weighted by Crippen LogP contribution is 2.22. The van der Waals surface area contributed by atoms with Crippen LogP contribution in [0, 0.1) is 12.7 Å². The zero-order valence-electron chi connectivity index (χ0n) is 8.83. The Kier molecular flexibility index (Phi) is 2.86. The third kappa shape index (κ3) is 2.26. The van der Waals surface area contributed by atoms with Crippen LogP contribution in [0.15, 0.2) is 12.3 Å². The van der Waals surface area contributed by atoms with Gasteiger partial charge in [0.2, 0.25) is 0 Å². The van der Waals surface area contributed by atoms with Gasteiger partial charge < -0.3 is 11.1 Å². The lowest BCUT2D eigenvalue weighted by molar-refractivity contribution is 0.600. The summed E-state index contributed by atoms with van der Waals surface area (Å²) >= 11 is 0. The zero-order chi connectivity index (χ0) is 10.8. The van der Waals surface area contributed by atoms with Crippen molar-refractivity contribution in [2.75, 3.05) is 5.32 Å². The van der Waals surface area contributed by atoms with Gasteiger partial charge in [0.25, 0.3) is 0 Å². The van der Waals surface area contributed by atoms with Gasteiger partial charge in [0, 0.05) is 18.3 Å². The average molecular weight is 209 g/mol. The van der Waals surface area contributed by atoms with E-state index in [9.17, 15) is 4.39 Å². The van der Waals surface area contributed by atoms with Crippen LogP contribution in [-0.2, 0) is 0 Å². The molecule has 0 aliphatic heterocycles. The van der Waals surface area contributed by atoms with E-state index in [4.69, 9.17) is 5.73 Å². The van der Waals surface area contributed by atoms with Gasteiger partial charge in [-0.1, -0.05) is 0 Å². The Morgan fingerprint density at radius 2 is 2.33 bits per heavy atom. The minimum Gasteiger partial charge on any atom is -0.363 e. The van der Waals surface area contributed by atoms with E-state index in [1.54, 1.807) is 6.20 Å². The number of hydrogen-bond acceptors (Lipinski definition) is 3. The monoisotopic (exact) mass is 209 g/mol. The van der Waals surface area contributed by atoms with E-state index in [2.05, 4.69) is 10.3 Å². The summed E-state index contributed by atoms with van der Waals surface area (Å²) in [6.45, 7) is 1.82. The molecule has 15 heavy (non-hydrogen) atoms. The highest BCUT2D eigenvalue weighted by atomic mass is 19.1. The van der Waals surface area contributed by atoms with Gasteiger partial charge in [-0.25, -0.2) is 9.37 Å². The number of hydrogen-bond donors (Lipinski definition) is 2. The molecular weight excluding hydrogens is 193 g/mol. The molecule has 1 saturated carbocycles. The molecule has 1 fully saturated rings. The van der Waals surface area contributed by atoms with Crippen molar-refractivity contribution in [1.82, 2.24) is 4.98 Å². The van der Waals surface area contributed by atoms with Gasteiger partial charge in [0.05, 0.1) is 0 Å². The highest BCUT2D eigenvalue weighted by molar-refractivity contribution is 5.39. The largest absolute Gasteiger partial charge is 0.363 e. The number of anilines is 1. The topological polar surface area (TPSA) is 50.9 Å². The Hall–Kier alpha value is -1.16. The summed E-state index contributed by atoms with van der Waals surface area (Å²) in [5.74, 6) is 0.0250. The average Bonchev–Trinajstić information content (AvgIpc) is 2.57. The highest BCUT2D eigenvalue weighted by Gasteiger charge is 2.24. The molecule has 1 aromatic rings. The van der Waals surface area contributed by atoms with Crippen LogP contribution in [0.4, 0.5) is 10.2 Å². The molecule has 2 atom stereocenters. The zero-order valence-corrected chi connectivity index (χ0v) is 8.83. The molecule has 0 radical (unpaired) electrons. The smallest absolute Gasteiger partial charge is 0.165 e. The minimum atomic E-state index is -0.297. The molecule has 0 aromatic carbocycles. The Bertz CT molecular complexity index is 354. The molecule has 3 nitrogen and oxygen atoms in total. The van der Waals surface area contributed by atoms with Gasteiger partial charge in [-0.2, -0.15) is 0 Å². The Morgan fingerprint density at radius 1 is 1.53 bits per heavy atom. The van der Waals surface area contributed by atoms with Crippen LogP contribution in [0.2, 0.25) is 0 Å². The number of rotatable bonds is 2. The number of halogens is 1. The van der Waals surface area contributed by atoms with E-state index >= 15 is 0 Å². The number of nitrogens with two attached hydrogens (primary N) is 1. The van der Waals surface area contributed by atoms with E-state index in [1.165, 1.54) is 6.07 Å². The van der Waals surface area contributed by atoms with Crippen LogP contribution >= 0.6 is 0 Å². The van der Waals surface area contributed by atoms with Crippen LogP contribution in [0.1, 0.15) is 24.8 Å². The first-order valence-electron chi connectivity index (χ1n) is 5.31. The summed E-state index contributed by atoms with van der Waals surface area (Å²) < 4.78 is 13.5. The van der Waals surface area contributed by atoms with Crippen molar-refractivity contribution in [3.63, 3.8) is 0 Å². The van der Waals surface area contributed by atoms with Crippen LogP contribution in [0.25, 0.3) is 0 Å². The van der Waals surface area contributed by atoms with Gasteiger partial charge in [-0.15, -0.1) is 0 Å². The Morgan fingerprint density at radius 3 is 2.93 bits per heavy atom. The Balaban J connectivity index is 2.10. The molecule has 0 spiro atoms. The van der Waals surface area contributed by atoms with Gasteiger partial charge in [-0.05, 0) is 37.8 Å². The second-order valence-electron chi connectivity index (χ2n) is 4.19. The molecule has 82 valence electrons. The molecule has 3 N–H and O–H groups in total. The molecule has 1 aromatic heterocycles. The molecule has 0 amide bonds. The minimum absolute atomic E-state index is 0.118. The van der Waals surface area contributed by atoms with E-state index in [0.29, 0.717) is 5.82 Å². The van der Waals surface area contributed by atoms with Crippen LogP contribution < -0.4 is 11.1 Å². The predicted molar refractivity (Wildman–Crippen MR) is 58.2 cm³/mol. The number of pyridine rings is 1. The number of aromatic nitrogens is 1. The maximum absolute atomic E-state index is 13.5. The van der Waals surface area contributed by atoms with Crippen molar-refractivity contribution in [3.8, 4) is 0 Å². The van der Waals surface area contributed by atoms with Gasteiger partial charge in [0.15, 0.2) is 11.6 Å². The molecule has 1 aliphatic carbocycles. The van der Waals surface area contributed by atoms with Crippen molar-refractivity contribution >= 4 is 5.82 Å². The summed E-state index contributed by atoms with van der Waals surface area (Å²) in [7, 11) is 0. The van der Waals surface area contributed by atoms with Crippen molar-refractivity contribution in [2.24, 2.45) is 5.73 Å². The van der Waals surface area contributed by atoms with E-state index < -0.39 is 0 Å². The van der Waals surface area contributed by atoms with Crippen molar-refractivity contribution in [2.45, 2.75) is 38.3 Å². The number of nitrogens with one attached hydrogen (secondary N) is 1. The number of aryl methyl sites for hydroxylation is 1. The van der Waals surface area contributed by atoms with Crippen LogP contribution in [-0.4, -0.2) is 17.1 Å². The maximum atomic E-state index is 13.5. The maximum Gasteiger partial charge on any atom is 0.165 e.